The maximum atomic E-state index is 13.2. The summed E-state index contributed by atoms with van der Waals surface area (Å²) in [7, 11) is 0. The van der Waals surface area contributed by atoms with Crippen molar-refractivity contribution in [2.24, 2.45) is 31.3 Å². The molecule has 2 aliphatic carbocycles. The smallest absolute Gasteiger partial charge is 0.185 e. The van der Waals surface area contributed by atoms with E-state index in [0.717, 1.165) is 0 Å². The minimum Gasteiger partial charge on any atom is -0.289 e. The molecule has 2 aromatic carbocycles. The second kappa shape index (κ2) is 14.6. The maximum absolute atomic E-state index is 13.2. The Morgan fingerprint density at radius 3 is 1.26 bits per heavy atom. The largest absolute Gasteiger partial charge is 0.289 e. The summed E-state index contributed by atoms with van der Waals surface area (Å²) in [6.07, 6.45) is 7.38. The highest BCUT2D eigenvalue weighted by Crippen LogP contribution is 2.38. The zero-order valence-electron chi connectivity index (χ0n) is 29.5. The third kappa shape index (κ3) is 8.47. The van der Waals surface area contributed by atoms with E-state index in [1.165, 1.54) is 0 Å². The van der Waals surface area contributed by atoms with Crippen molar-refractivity contribution in [1.82, 2.24) is 4.98 Å². The normalized spacial score (nSPS) is 17.9. The monoisotopic (exact) mass is 703 g/mol. The number of benzene rings is 2. The lowest BCUT2D eigenvalue weighted by molar-refractivity contribution is -0.113. The fourth-order valence-electron chi connectivity index (χ4n) is 5.38. The molecule has 0 unspecified atom stereocenters. The highest BCUT2D eigenvalue weighted by Gasteiger charge is 2.30. The Hall–Kier alpha value is -4.85. The second-order valence-corrected chi connectivity index (χ2v) is 15.2. The number of pyridine rings is 1. The third-order valence-corrected chi connectivity index (χ3v) is 8.63. The van der Waals surface area contributed by atoms with Crippen LogP contribution in [0.4, 0.5) is 11.4 Å². The Bertz CT molecular complexity index is 1970. The molecule has 0 atom stereocenters. The SMILES string of the molecule is CC1=C/C(=C(\N=Nc2ccc(Cl)cc2)c2cccc(/C(N=Nc3ccc(Cl)cc3)=C3/C=C(C)C(=O)C(C(C)(C)C)=C3)n2)C=C(C(C)(C)C)C1=O. The lowest BCUT2D eigenvalue weighted by Gasteiger charge is -2.25. The number of hydrogen-bond acceptors (Lipinski definition) is 7. The first-order valence-corrected chi connectivity index (χ1v) is 17.0. The Labute approximate surface area is 303 Å². The summed E-state index contributed by atoms with van der Waals surface area (Å²) in [5.74, 6) is -0.0240. The van der Waals surface area contributed by atoms with E-state index >= 15 is 0 Å². The van der Waals surface area contributed by atoms with E-state index in [2.05, 4.69) is 10.2 Å². The van der Waals surface area contributed by atoms with E-state index in [1.807, 2.05) is 84.0 Å². The Kier molecular flexibility index (Phi) is 10.6. The molecule has 2 aliphatic rings. The number of ketones is 2. The van der Waals surface area contributed by atoms with Gasteiger partial charge >= 0.3 is 0 Å². The summed E-state index contributed by atoms with van der Waals surface area (Å²) in [6.45, 7) is 15.7. The fraction of sp³-hybridized carbons (Fsp3) is 0.244. The topological polar surface area (TPSA) is 96.5 Å². The molecule has 7 nitrogen and oxygen atoms in total. The molecule has 50 heavy (non-hydrogen) atoms. The standard InChI is InChI=1S/C41H39Cl2N5O2/c1-24-20-26(22-32(38(24)49)40(3,4)5)36(47-45-30-16-12-28(42)13-17-30)34-10-9-11-35(44-34)37(48-46-31-18-14-29(43)15-19-31)27-21-25(2)39(50)33(23-27)41(6,7)8/h9-23H,1-8H3/b36-26+,37-27+,47-45?,48-46?. The van der Waals surface area contributed by atoms with Gasteiger partial charge in [-0.2, -0.15) is 10.2 Å². The van der Waals surface area contributed by atoms with Crippen molar-refractivity contribution in [1.29, 1.82) is 0 Å². The summed E-state index contributed by atoms with van der Waals surface area (Å²) >= 11 is 12.2. The van der Waals surface area contributed by atoms with Gasteiger partial charge in [-0.1, -0.05) is 70.8 Å². The molecule has 0 saturated carbocycles. The van der Waals surface area contributed by atoms with Crippen LogP contribution in [-0.4, -0.2) is 16.6 Å². The number of carbonyl (C=O) groups is 2. The molecule has 0 bridgehead atoms. The Balaban J connectivity index is 1.76. The number of halogens is 2. The summed E-state index contributed by atoms with van der Waals surface area (Å²) in [5.41, 5.74) is 6.21. The number of rotatable bonds is 6. The van der Waals surface area contributed by atoms with Gasteiger partial charge in [-0.15, -0.1) is 10.2 Å². The molecular weight excluding hydrogens is 665 g/mol. The lowest BCUT2D eigenvalue weighted by Crippen LogP contribution is -2.21. The summed E-state index contributed by atoms with van der Waals surface area (Å²) in [5, 5.41) is 19.7. The zero-order valence-corrected chi connectivity index (χ0v) is 31.0. The van der Waals surface area contributed by atoms with Gasteiger partial charge in [-0.25, -0.2) is 4.98 Å². The van der Waals surface area contributed by atoms with Gasteiger partial charge in [0.2, 0.25) is 0 Å². The van der Waals surface area contributed by atoms with E-state index in [9.17, 15) is 9.59 Å². The van der Waals surface area contributed by atoms with Crippen molar-refractivity contribution in [2.75, 3.05) is 0 Å². The molecule has 254 valence electrons. The quantitative estimate of drug-likeness (QED) is 0.239. The predicted octanol–water partition coefficient (Wildman–Crippen LogP) is 12.4. The van der Waals surface area contributed by atoms with E-state index in [1.54, 1.807) is 62.4 Å². The van der Waals surface area contributed by atoms with Gasteiger partial charge in [-0.3, -0.25) is 9.59 Å². The molecule has 3 aromatic rings. The number of carbonyl (C=O) groups excluding carboxylic acids is 2. The first-order chi connectivity index (χ1) is 23.5. The fourth-order valence-corrected chi connectivity index (χ4v) is 5.63. The van der Waals surface area contributed by atoms with Gasteiger partial charge in [0.1, 0.15) is 11.4 Å². The van der Waals surface area contributed by atoms with Gasteiger partial charge < -0.3 is 0 Å². The summed E-state index contributed by atoms with van der Waals surface area (Å²) in [6, 6.07) is 19.6. The molecule has 9 heteroatoms. The summed E-state index contributed by atoms with van der Waals surface area (Å²) < 4.78 is 0. The van der Waals surface area contributed by atoms with Crippen molar-refractivity contribution in [3.63, 3.8) is 0 Å². The molecule has 0 N–H and O–H groups in total. The maximum Gasteiger partial charge on any atom is 0.185 e. The highest BCUT2D eigenvalue weighted by atomic mass is 35.5. The minimum atomic E-state index is -0.412. The number of nitrogens with zero attached hydrogens (tertiary/aromatic N) is 5. The molecule has 5 rings (SSSR count). The van der Waals surface area contributed by atoms with Crippen molar-refractivity contribution < 1.29 is 9.59 Å². The molecule has 0 saturated heterocycles. The van der Waals surface area contributed by atoms with Gasteiger partial charge in [-0.05, 0) is 121 Å². The van der Waals surface area contributed by atoms with E-state index < -0.39 is 10.8 Å². The van der Waals surface area contributed by atoms with Crippen LogP contribution in [0.25, 0.3) is 11.4 Å². The van der Waals surface area contributed by atoms with Gasteiger partial charge in [0.15, 0.2) is 11.6 Å². The number of allylic oxidation sites excluding steroid dienone is 10. The third-order valence-electron chi connectivity index (χ3n) is 8.13. The van der Waals surface area contributed by atoms with Gasteiger partial charge in [0.25, 0.3) is 0 Å². The van der Waals surface area contributed by atoms with Crippen LogP contribution in [0, 0.1) is 10.8 Å². The van der Waals surface area contributed by atoms with E-state index in [-0.39, 0.29) is 11.6 Å². The van der Waals surface area contributed by atoms with E-state index in [4.69, 9.17) is 38.4 Å². The van der Waals surface area contributed by atoms with Crippen LogP contribution in [0.2, 0.25) is 10.0 Å². The van der Waals surface area contributed by atoms with Crippen LogP contribution in [0.5, 0.6) is 0 Å². The van der Waals surface area contributed by atoms with Crippen molar-refractivity contribution in [2.45, 2.75) is 55.4 Å². The Morgan fingerprint density at radius 1 is 0.560 bits per heavy atom. The van der Waals surface area contributed by atoms with E-state index in [0.29, 0.717) is 77.6 Å². The molecule has 0 radical (unpaired) electrons. The first kappa shape index (κ1) is 36.4. The lowest BCUT2D eigenvalue weighted by atomic mass is 9.78. The zero-order chi connectivity index (χ0) is 36.4. The van der Waals surface area contributed by atoms with Gasteiger partial charge in [0.05, 0.1) is 22.8 Å². The average Bonchev–Trinajstić information content (AvgIpc) is 3.05. The predicted molar refractivity (Wildman–Crippen MR) is 203 cm³/mol. The van der Waals surface area contributed by atoms with Crippen LogP contribution >= 0.6 is 23.2 Å². The average molecular weight is 705 g/mol. The van der Waals surface area contributed by atoms with Crippen molar-refractivity contribution in [3.05, 3.63) is 146 Å². The molecule has 1 heterocycles. The van der Waals surface area contributed by atoms with Crippen LogP contribution in [0.3, 0.4) is 0 Å². The molecule has 1 aromatic heterocycles. The molecule has 0 spiro atoms. The molecular formula is C41H39Cl2N5O2. The first-order valence-electron chi connectivity index (χ1n) is 16.2. The molecule has 0 aliphatic heterocycles. The van der Waals surface area contributed by atoms with Gasteiger partial charge in [0, 0.05) is 32.3 Å². The van der Waals surface area contributed by atoms with Crippen molar-refractivity contribution >= 4 is 57.5 Å². The number of Topliss-reactive ketones (excluding diaryl/α,β-unsaturated/α-hetero) is 2. The van der Waals surface area contributed by atoms with Crippen LogP contribution in [0.1, 0.15) is 66.8 Å². The van der Waals surface area contributed by atoms with Crippen LogP contribution < -0.4 is 0 Å². The summed E-state index contributed by atoms with van der Waals surface area (Å²) in [4.78, 5) is 31.6. The molecule has 0 amide bonds. The number of azo groups is 2. The number of aromatic nitrogens is 1. The highest BCUT2D eigenvalue weighted by molar-refractivity contribution is 6.30. The van der Waals surface area contributed by atoms with Crippen molar-refractivity contribution in [3.8, 4) is 0 Å². The van der Waals surface area contributed by atoms with Crippen LogP contribution in [0.15, 0.2) is 145 Å². The molecule has 0 fully saturated rings. The Morgan fingerprint density at radius 2 is 0.920 bits per heavy atom. The minimum absolute atomic E-state index is 0.0120. The van der Waals surface area contributed by atoms with Crippen LogP contribution in [-0.2, 0) is 9.59 Å². The second-order valence-electron chi connectivity index (χ2n) is 14.3. The number of hydrogen-bond donors (Lipinski definition) is 0.